The second-order valence-electron chi connectivity index (χ2n) is 6.27. The van der Waals surface area contributed by atoms with E-state index in [1.807, 2.05) is 17.2 Å². The zero-order chi connectivity index (χ0) is 18.5. The second-order valence-corrected chi connectivity index (χ2v) is 7.06. The summed E-state index contributed by atoms with van der Waals surface area (Å²) in [5.74, 6) is 0.386. The topological polar surface area (TPSA) is 45.7 Å². The highest BCUT2D eigenvalue weighted by Crippen LogP contribution is 2.32. The van der Waals surface area contributed by atoms with E-state index in [0.29, 0.717) is 28.9 Å². The van der Waals surface area contributed by atoms with Crippen LogP contribution < -0.4 is 4.74 Å². The fourth-order valence-electron chi connectivity index (χ4n) is 2.95. The van der Waals surface area contributed by atoms with E-state index in [1.54, 1.807) is 31.3 Å². The Morgan fingerprint density at radius 2 is 1.96 bits per heavy atom. The predicted octanol–water partition coefficient (Wildman–Crippen LogP) is 3.50. The van der Waals surface area contributed by atoms with Gasteiger partial charge in [0.2, 0.25) is 0 Å². The van der Waals surface area contributed by atoms with Crippen LogP contribution in [0, 0.1) is 0 Å². The van der Waals surface area contributed by atoms with E-state index in [-0.39, 0.29) is 5.91 Å². The Kier molecular flexibility index (Phi) is 6.35. The van der Waals surface area contributed by atoms with Gasteiger partial charge in [-0.25, -0.2) is 0 Å². The maximum atomic E-state index is 12.7. The van der Waals surface area contributed by atoms with Gasteiger partial charge in [-0.05, 0) is 30.7 Å². The molecule has 2 heterocycles. The largest absolute Gasteiger partial charge is 0.479 e. The molecule has 0 aliphatic carbocycles. The number of nitrogens with zero attached hydrogens (tertiary/aromatic N) is 3. The lowest BCUT2D eigenvalue weighted by molar-refractivity contribution is -0.139. The smallest absolute Gasteiger partial charge is 0.263 e. The van der Waals surface area contributed by atoms with Crippen molar-refractivity contribution in [2.24, 2.45) is 0 Å². The third-order valence-electron chi connectivity index (χ3n) is 4.38. The van der Waals surface area contributed by atoms with Gasteiger partial charge >= 0.3 is 0 Å². The van der Waals surface area contributed by atoms with E-state index >= 15 is 0 Å². The molecule has 0 N–H and O–H groups in total. The highest BCUT2D eigenvalue weighted by atomic mass is 35.5. The number of amides is 1. The number of hydrogen-bond donors (Lipinski definition) is 0. The molecular formula is C19H21Cl2N3O2. The van der Waals surface area contributed by atoms with Crippen molar-refractivity contribution in [3.63, 3.8) is 0 Å². The summed E-state index contributed by atoms with van der Waals surface area (Å²) in [5.41, 5.74) is 1.18. The fraction of sp³-hybridized carbons (Fsp3) is 0.368. The Morgan fingerprint density at radius 3 is 2.65 bits per heavy atom. The summed E-state index contributed by atoms with van der Waals surface area (Å²) >= 11 is 12.1. The van der Waals surface area contributed by atoms with Gasteiger partial charge in [0, 0.05) is 45.1 Å². The van der Waals surface area contributed by atoms with Crippen molar-refractivity contribution in [2.75, 3.05) is 26.2 Å². The van der Waals surface area contributed by atoms with Crippen molar-refractivity contribution in [3.8, 4) is 5.75 Å². The van der Waals surface area contributed by atoms with Crippen LogP contribution >= 0.6 is 23.2 Å². The Hall–Kier alpha value is -1.82. The van der Waals surface area contributed by atoms with Gasteiger partial charge in [-0.2, -0.15) is 0 Å². The molecule has 1 aromatic carbocycles. The number of ether oxygens (including phenoxy) is 1. The van der Waals surface area contributed by atoms with Crippen LogP contribution in [0.25, 0.3) is 0 Å². The van der Waals surface area contributed by atoms with Crippen molar-refractivity contribution in [3.05, 3.63) is 58.3 Å². The first-order chi connectivity index (χ1) is 12.5. The summed E-state index contributed by atoms with van der Waals surface area (Å²) in [7, 11) is 0. The zero-order valence-electron chi connectivity index (χ0n) is 14.6. The molecule has 3 rings (SSSR count). The average molecular weight is 394 g/mol. The molecule has 1 aliphatic rings. The van der Waals surface area contributed by atoms with Gasteiger partial charge in [-0.3, -0.25) is 14.7 Å². The van der Waals surface area contributed by atoms with Crippen LogP contribution in [0.3, 0.4) is 0 Å². The number of carbonyl (C=O) groups is 1. The summed E-state index contributed by atoms with van der Waals surface area (Å²) in [6.45, 7) is 5.59. The quantitative estimate of drug-likeness (QED) is 0.779. The summed E-state index contributed by atoms with van der Waals surface area (Å²) in [6.07, 6.45) is 3.03. The summed E-state index contributed by atoms with van der Waals surface area (Å²) < 4.78 is 5.73. The lowest BCUT2D eigenvalue weighted by atomic mass is 10.2. The van der Waals surface area contributed by atoms with E-state index in [9.17, 15) is 4.79 Å². The third kappa shape index (κ3) is 4.67. The molecular weight excluding hydrogens is 373 g/mol. The molecule has 1 aromatic heterocycles. The molecule has 2 aromatic rings. The van der Waals surface area contributed by atoms with Crippen LogP contribution in [0.1, 0.15) is 12.5 Å². The lowest BCUT2D eigenvalue weighted by Gasteiger charge is -2.35. The highest BCUT2D eigenvalue weighted by molar-refractivity contribution is 6.42. The van der Waals surface area contributed by atoms with Crippen molar-refractivity contribution >= 4 is 29.1 Å². The zero-order valence-corrected chi connectivity index (χ0v) is 16.1. The average Bonchev–Trinajstić information content (AvgIpc) is 2.66. The minimum absolute atomic E-state index is 0.0398. The number of pyridine rings is 1. The molecule has 138 valence electrons. The van der Waals surface area contributed by atoms with Gasteiger partial charge in [0.15, 0.2) is 6.10 Å². The van der Waals surface area contributed by atoms with Crippen LogP contribution in [0.4, 0.5) is 0 Å². The van der Waals surface area contributed by atoms with E-state index < -0.39 is 6.10 Å². The standard InChI is InChI=1S/C19H21Cl2N3O2/c1-14(26-17-6-2-5-16(20)18(17)21)19(25)24-10-8-23(9-11-24)13-15-4-3-7-22-12-15/h2-7,12,14H,8-11,13H2,1H3/t14-/m0/s1. The van der Waals surface area contributed by atoms with E-state index in [1.165, 1.54) is 5.56 Å². The third-order valence-corrected chi connectivity index (χ3v) is 5.18. The van der Waals surface area contributed by atoms with Gasteiger partial charge in [0.1, 0.15) is 10.8 Å². The first-order valence-corrected chi connectivity index (χ1v) is 9.31. The Labute approximate surface area is 163 Å². The number of rotatable bonds is 5. The molecule has 0 unspecified atom stereocenters. The molecule has 0 spiro atoms. The van der Waals surface area contributed by atoms with E-state index in [4.69, 9.17) is 27.9 Å². The summed E-state index contributed by atoms with van der Waals surface area (Å²) in [6, 6.07) is 9.15. The van der Waals surface area contributed by atoms with E-state index in [2.05, 4.69) is 16.0 Å². The maximum absolute atomic E-state index is 12.7. The van der Waals surface area contributed by atoms with Gasteiger partial charge in [0.25, 0.3) is 5.91 Å². The van der Waals surface area contributed by atoms with Crippen molar-refractivity contribution in [1.82, 2.24) is 14.8 Å². The highest BCUT2D eigenvalue weighted by Gasteiger charge is 2.26. The normalized spacial score (nSPS) is 16.3. The fourth-order valence-corrected chi connectivity index (χ4v) is 3.29. The molecule has 1 aliphatic heterocycles. The van der Waals surface area contributed by atoms with Crippen LogP contribution in [-0.4, -0.2) is 53.0 Å². The molecule has 26 heavy (non-hydrogen) atoms. The summed E-state index contributed by atoms with van der Waals surface area (Å²) in [4.78, 5) is 21.0. The first kappa shape index (κ1) is 19.0. The Balaban J connectivity index is 1.52. The first-order valence-electron chi connectivity index (χ1n) is 8.55. The maximum Gasteiger partial charge on any atom is 0.263 e. The SMILES string of the molecule is C[C@H](Oc1cccc(Cl)c1Cl)C(=O)N1CCN(Cc2cccnc2)CC1. The van der Waals surface area contributed by atoms with Crippen LogP contribution in [0.5, 0.6) is 5.75 Å². The van der Waals surface area contributed by atoms with Gasteiger partial charge < -0.3 is 9.64 Å². The molecule has 1 fully saturated rings. The van der Waals surface area contributed by atoms with Gasteiger partial charge in [-0.15, -0.1) is 0 Å². The predicted molar refractivity (Wildman–Crippen MR) is 103 cm³/mol. The number of benzene rings is 1. The Bertz CT molecular complexity index is 750. The van der Waals surface area contributed by atoms with Gasteiger partial charge in [0.05, 0.1) is 5.02 Å². The molecule has 1 saturated heterocycles. The minimum Gasteiger partial charge on any atom is -0.479 e. The molecule has 1 atom stereocenters. The molecule has 0 bridgehead atoms. The van der Waals surface area contributed by atoms with Crippen molar-refractivity contribution in [2.45, 2.75) is 19.6 Å². The number of aromatic nitrogens is 1. The number of carbonyl (C=O) groups excluding carboxylic acids is 1. The number of halogens is 2. The minimum atomic E-state index is -0.615. The molecule has 1 amide bonds. The molecule has 7 heteroatoms. The molecule has 5 nitrogen and oxygen atoms in total. The summed E-state index contributed by atoms with van der Waals surface area (Å²) in [5, 5.41) is 0.739. The van der Waals surface area contributed by atoms with E-state index in [0.717, 1.165) is 19.6 Å². The Morgan fingerprint density at radius 1 is 1.19 bits per heavy atom. The van der Waals surface area contributed by atoms with Crippen LogP contribution in [0.15, 0.2) is 42.7 Å². The van der Waals surface area contributed by atoms with Crippen LogP contribution in [0.2, 0.25) is 10.0 Å². The van der Waals surface area contributed by atoms with Crippen molar-refractivity contribution in [1.29, 1.82) is 0 Å². The molecule has 0 saturated carbocycles. The van der Waals surface area contributed by atoms with Crippen molar-refractivity contribution < 1.29 is 9.53 Å². The van der Waals surface area contributed by atoms with Crippen LogP contribution in [-0.2, 0) is 11.3 Å². The monoisotopic (exact) mass is 393 g/mol. The lowest BCUT2D eigenvalue weighted by Crippen LogP contribution is -2.51. The number of hydrogen-bond acceptors (Lipinski definition) is 4. The second kappa shape index (κ2) is 8.71. The molecule has 0 radical (unpaired) electrons. The number of piperazine rings is 1. The van der Waals surface area contributed by atoms with Gasteiger partial charge in [-0.1, -0.05) is 35.3 Å².